The van der Waals surface area contributed by atoms with Gasteiger partial charge in [-0.15, -0.1) is 0 Å². The summed E-state index contributed by atoms with van der Waals surface area (Å²) < 4.78 is 7.78. The molecule has 0 bridgehead atoms. The van der Waals surface area contributed by atoms with Crippen molar-refractivity contribution < 1.29 is 9.84 Å². The Kier molecular flexibility index (Phi) is 5.18. The van der Waals surface area contributed by atoms with Crippen LogP contribution in [0.3, 0.4) is 0 Å². The standard InChI is InChI=1S/C17H14BrClN2O3/c18-11-2-1-3-14(6-11)24-9-13(22)8-21-10-20-16-5-4-12(19)7-15(16)17(21)23/h1-7,10,13,22H,8-9H2. The van der Waals surface area contributed by atoms with Gasteiger partial charge < -0.3 is 9.84 Å². The summed E-state index contributed by atoms with van der Waals surface area (Å²) >= 11 is 9.28. The summed E-state index contributed by atoms with van der Waals surface area (Å²) in [4.78, 5) is 16.7. The minimum absolute atomic E-state index is 0.0659. The third kappa shape index (κ3) is 3.95. The molecule has 0 aliphatic heterocycles. The van der Waals surface area contributed by atoms with Gasteiger partial charge >= 0.3 is 0 Å². The maximum Gasteiger partial charge on any atom is 0.261 e. The minimum Gasteiger partial charge on any atom is -0.491 e. The molecule has 2 aromatic carbocycles. The molecule has 5 nitrogen and oxygen atoms in total. The summed E-state index contributed by atoms with van der Waals surface area (Å²) in [5, 5.41) is 11.0. The molecule has 0 radical (unpaired) electrons. The lowest BCUT2D eigenvalue weighted by atomic mass is 10.2. The monoisotopic (exact) mass is 408 g/mol. The highest BCUT2D eigenvalue weighted by Crippen LogP contribution is 2.18. The minimum atomic E-state index is -0.847. The van der Waals surface area contributed by atoms with Crippen LogP contribution in [0.4, 0.5) is 0 Å². The van der Waals surface area contributed by atoms with Crippen LogP contribution in [0.5, 0.6) is 5.75 Å². The molecule has 0 aliphatic rings. The van der Waals surface area contributed by atoms with Crippen molar-refractivity contribution in [3.05, 3.63) is 68.6 Å². The van der Waals surface area contributed by atoms with Crippen LogP contribution in [0.2, 0.25) is 5.02 Å². The molecule has 7 heteroatoms. The van der Waals surface area contributed by atoms with Crippen molar-refractivity contribution in [2.75, 3.05) is 6.61 Å². The highest BCUT2D eigenvalue weighted by molar-refractivity contribution is 9.10. The molecular weight excluding hydrogens is 396 g/mol. The first kappa shape index (κ1) is 17.0. The molecule has 24 heavy (non-hydrogen) atoms. The lowest BCUT2D eigenvalue weighted by Crippen LogP contribution is -2.30. The Hall–Kier alpha value is -1.89. The molecule has 0 saturated carbocycles. The fourth-order valence-corrected chi connectivity index (χ4v) is 2.84. The second-order valence-corrected chi connectivity index (χ2v) is 6.64. The number of aliphatic hydroxyl groups is 1. The summed E-state index contributed by atoms with van der Waals surface area (Å²) in [6, 6.07) is 12.3. The number of fused-ring (bicyclic) bond motifs is 1. The van der Waals surface area contributed by atoms with Crippen molar-refractivity contribution in [3.63, 3.8) is 0 Å². The lowest BCUT2D eigenvalue weighted by molar-refractivity contribution is 0.0914. The van der Waals surface area contributed by atoms with Crippen LogP contribution >= 0.6 is 27.5 Å². The Morgan fingerprint density at radius 1 is 1.29 bits per heavy atom. The summed E-state index contributed by atoms with van der Waals surface area (Å²) in [7, 11) is 0. The van der Waals surface area contributed by atoms with E-state index in [0.29, 0.717) is 21.7 Å². The molecule has 1 aromatic heterocycles. The Balaban J connectivity index is 1.72. The van der Waals surface area contributed by atoms with Gasteiger partial charge in [0.2, 0.25) is 0 Å². The Morgan fingerprint density at radius 3 is 2.92 bits per heavy atom. The SMILES string of the molecule is O=c1c2cc(Cl)ccc2ncn1CC(O)COc1cccc(Br)c1. The van der Waals surface area contributed by atoms with Gasteiger partial charge in [0.15, 0.2) is 0 Å². The zero-order chi connectivity index (χ0) is 17.1. The van der Waals surface area contributed by atoms with Crippen LogP contribution in [0, 0.1) is 0 Å². The van der Waals surface area contributed by atoms with Gasteiger partial charge in [0.05, 0.1) is 23.8 Å². The summed E-state index contributed by atoms with van der Waals surface area (Å²) in [6.45, 7) is 0.152. The topological polar surface area (TPSA) is 64.4 Å². The van der Waals surface area contributed by atoms with Crippen molar-refractivity contribution in [2.45, 2.75) is 12.6 Å². The lowest BCUT2D eigenvalue weighted by Gasteiger charge is -2.14. The van der Waals surface area contributed by atoms with Crippen LogP contribution in [-0.4, -0.2) is 27.4 Å². The van der Waals surface area contributed by atoms with Gasteiger partial charge in [0, 0.05) is 9.50 Å². The van der Waals surface area contributed by atoms with Gasteiger partial charge in [-0.05, 0) is 36.4 Å². The third-order valence-electron chi connectivity index (χ3n) is 3.43. The normalized spacial score (nSPS) is 12.3. The second kappa shape index (κ2) is 7.34. The molecular formula is C17H14BrClN2O3. The van der Waals surface area contributed by atoms with E-state index in [0.717, 1.165) is 4.47 Å². The van der Waals surface area contributed by atoms with Crippen molar-refractivity contribution in [2.24, 2.45) is 0 Å². The zero-order valence-corrected chi connectivity index (χ0v) is 14.9. The van der Waals surface area contributed by atoms with E-state index in [1.807, 2.05) is 12.1 Å². The number of hydrogen-bond donors (Lipinski definition) is 1. The molecule has 0 saturated heterocycles. The van der Waals surface area contributed by atoms with E-state index in [1.54, 1.807) is 30.3 Å². The molecule has 1 unspecified atom stereocenters. The van der Waals surface area contributed by atoms with Gasteiger partial charge in [0.25, 0.3) is 5.56 Å². The van der Waals surface area contributed by atoms with Crippen LogP contribution in [0.15, 0.2) is 58.1 Å². The van der Waals surface area contributed by atoms with E-state index < -0.39 is 6.10 Å². The number of aromatic nitrogens is 2. The molecule has 1 heterocycles. The van der Waals surface area contributed by atoms with Gasteiger partial charge in [-0.1, -0.05) is 33.6 Å². The first-order valence-corrected chi connectivity index (χ1v) is 8.41. The quantitative estimate of drug-likeness (QED) is 0.702. The van der Waals surface area contributed by atoms with Crippen molar-refractivity contribution >= 4 is 38.4 Å². The van der Waals surface area contributed by atoms with Crippen molar-refractivity contribution in [1.82, 2.24) is 9.55 Å². The van der Waals surface area contributed by atoms with Crippen LogP contribution in [0.1, 0.15) is 0 Å². The third-order valence-corrected chi connectivity index (χ3v) is 4.16. The summed E-state index contributed by atoms with van der Waals surface area (Å²) in [5.41, 5.74) is 0.324. The molecule has 0 fully saturated rings. The van der Waals surface area contributed by atoms with E-state index in [4.69, 9.17) is 16.3 Å². The van der Waals surface area contributed by atoms with Gasteiger partial charge in [0.1, 0.15) is 18.5 Å². The molecule has 124 valence electrons. The number of nitrogens with zero attached hydrogens (tertiary/aromatic N) is 2. The number of benzene rings is 2. The van der Waals surface area contributed by atoms with E-state index in [9.17, 15) is 9.90 Å². The van der Waals surface area contributed by atoms with Crippen LogP contribution in [-0.2, 0) is 6.54 Å². The highest BCUT2D eigenvalue weighted by Gasteiger charge is 2.11. The molecule has 0 amide bonds. The van der Waals surface area contributed by atoms with Crippen LogP contribution < -0.4 is 10.3 Å². The fourth-order valence-electron chi connectivity index (χ4n) is 2.29. The Morgan fingerprint density at radius 2 is 2.12 bits per heavy atom. The first-order chi connectivity index (χ1) is 11.5. The largest absolute Gasteiger partial charge is 0.491 e. The average Bonchev–Trinajstić information content (AvgIpc) is 2.56. The van der Waals surface area contributed by atoms with Gasteiger partial charge in [-0.25, -0.2) is 4.98 Å². The van der Waals surface area contributed by atoms with E-state index >= 15 is 0 Å². The smallest absolute Gasteiger partial charge is 0.261 e. The number of aliphatic hydroxyl groups excluding tert-OH is 1. The van der Waals surface area contributed by atoms with E-state index in [2.05, 4.69) is 20.9 Å². The van der Waals surface area contributed by atoms with Crippen LogP contribution in [0.25, 0.3) is 10.9 Å². The molecule has 1 N–H and O–H groups in total. The van der Waals surface area contributed by atoms with Gasteiger partial charge in [-0.2, -0.15) is 0 Å². The fraction of sp³-hybridized carbons (Fsp3) is 0.176. The average molecular weight is 410 g/mol. The first-order valence-electron chi connectivity index (χ1n) is 7.24. The molecule has 0 aliphatic carbocycles. The second-order valence-electron chi connectivity index (χ2n) is 5.29. The van der Waals surface area contributed by atoms with Crippen molar-refractivity contribution in [1.29, 1.82) is 0 Å². The Bertz CT molecular complexity index is 929. The zero-order valence-electron chi connectivity index (χ0n) is 12.5. The maximum absolute atomic E-state index is 12.4. The molecule has 3 rings (SSSR count). The highest BCUT2D eigenvalue weighted by atomic mass is 79.9. The van der Waals surface area contributed by atoms with Crippen molar-refractivity contribution in [3.8, 4) is 5.75 Å². The summed E-state index contributed by atoms with van der Waals surface area (Å²) in [5.74, 6) is 0.638. The Labute approximate surface area is 151 Å². The number of rotatable bonds is 5. The molecule has 3 aromatic rings. The maximum atomic E-state index is 12.4. The predicted octanol–water partition coefficient (Wildman–Crippen LogP) is 3.25. The van der Waals surface area contributed by atoms with E-state index in [1.165, 1.54) is 10.9 Å². The van der Waals surface area contributed by atoms with Gasteiger partial charge in [-0.3, -0.25) is 9.36 Å². The predicted molar refractivity (Wildman–Crippen MR) is 96.7 cm³/mol. The molecule has 1 atom stereocenters. The summed E-state index contributed by atoms with van der Waals surface area (Å²) in [6.07, 6.45) is 0.570. The number of ether oxygens (including phenoxy) is 1. The van der Waals surface area contributed by atoms with E-state index in [-0.39, 0.29) is 18.7 Å². The number of halogens is 2. The number of hydrogen-bond acceptors (Lipinski definition) is 4. The molecule has 0 spiro atoms.